The molecule has 7 rings (SSSR count). The maximum atomic E-state index is 13.6. The number of carbonyl (C=O) groups excluding carboxylic acids is 1. The molecule has 8 heteroatoms. The number of halogens is 2. The Labute approximate surface area is 220 Å². The summed E-state index contributed by atoms with van der Waals surface area (Å²) < 4.78 is 33.5. The highest BCUT2D eigenvalue weighted by molar-refractivity contribution is 5.92. The van der Waals surface area contributed by atoms with E-state index in [1.54, 1.807) is 18.0 Å². The summed E-state index contributed by atoms with van der Waals surface area (Å²) in [5.41, 5.74) is 0.706. The van der Waals surface area contributed by atoms with Gasteiger partial charge in [-0.2, -0.15) is 0 Å². The third-order valence-electron chi connectivity index (χ3n) is 9.94. The Balaban J connectivity index is 1.23. The molecule has 2 saturated carbocycles. The van der Waals surface area contributed by atoms with Gasteiger partial charge in [0.15, 0.2) is 23.1 Å². The summed E-state index contributed by atoms with van der Waals surface area (Å²) in [6.45, 7) is 1.85. The van der Waals surface area contributed by atoms with Gasteiger partial charge in [0.1, 0.15) is 6.10 Å². The van der Waals surface area contributed by atoms with E-state index in [0.717, 1.165) is 42.8 Å². The van der Waals surface area contributed by atoms with Gasteiger partial charge < -0.3 is 19.8 Å². The largest absolute Gasteiger partial charge is 0.504 e. The van der Waals surface area contributed by atoms with Crippen LogP contribution in [0.3, 0.4) is 0 Å². The number of aromatic hydroxyl groups is 1. The molecule has 0 aromatic heterocycles. The van der Waals surface area contributed by atoms with Gasteiger partial charge in [-0.15, -0.1) is 0 Å². The quantitative estimate of drug-likeness (QED) is 0.585. The molecule has 3 fully saturated rings. The van der Waals surface area contributed by atoms with E-state index < -0.39 is 28.8 Å². The zero-order valence-electron chi connectivity index (χ0n) is 21.4. The number of hydrogen-bond acceptors (Lipinski definition) is 5. The minimum absolute atomic E-state index is 0.0267. The Kier molecular flexibility index (Phi) is 5.24. The Morgan fingerprint density at radius 3 is 2.76 bits per heavy atom. The minimum atomic E-state index is -1.02. The second kappa shape index (κ2) is 8.26. The Morgan fingerprint density at radius 1 is 1.18 bits per heavy atom. The maximum absolute atomic E-state index is 13.6. The van der Waals surface area contributed by atoms with Crippen molar-refractivity contribution in [2.45, 2.75) is 67.7 Å². The van der Waals surface area contributed by atoms with E-state index >= 15 is 0 Å². The second-order valence-corrected chi connectivity index (χ2v) is 11.9. The molecule has 38 heavy (non-hydrogen) atoms. The molecule has 1 saturated heterocycles. The monoisotopic (exact) mass is 522 g/mol. The lowest BCUT2D eigenvalue weighted by atomic mass is 9.48. The van der Waals surface area contributed by atoms with Gasteiger partial charge in [-0.05, 0) is 86.4 Å². The van der Waals surface area contributed by atoms with Crippen molar-refractivity contribution in [3.63, 3.8) is 0 Å². The fourth-order valence-corrected chi connectivity index (χ4v) is 7.92. The lowest BCUT2D eigenvalue weighted by molar-refractivity contribution is -0.200. The fourth-order valence-electron chi connectivity index (χ4n) is 7.92. The summed E-state index contributed by atoms with van der Waals surface area (Å²) in [4.78, 5) is 17.4. The molecule has 2 aromatic carbocycles. The summed E-state index contributed by atoms with van der Waals surface area (Å²) in [6, 6.07) is 6.80. The number of piperidine rings is 1. The molecule has 1 amide bonds. The zero-order valence-corrected chi connectivity index (χ0v) is 21.4. The molecule has 5 aliphatic rings. The number of hydrogen-bond donors (Lipinski definition) is 2. The topological polar surface area (TPSA) is 73.2 Å². The average molecular weight is 523 g/mol. The molecule has 5 atom stereocenters. The molecule has 2 N–H and O–H groups in total. The van der Waals surface area contributed by atoms with Crippen molar-refractivity contribution < 1.29 is 28.5 Å². The van der Waals surface area contributed by atoms with E-state index in [2.05, 4.69) is 4.90 Å². The molecule has 0 radical (unpaired) electrons. The van der Waals surface area contributed by atoms with Crippen LogP contribution in [-0.4, -0.2) is 69.8 Å². The van der Waals surface area contributed by atoms with Crippen LogP contribution in [0, 0.1) is 17.6 Å². The van der Waals surface area contributed by atoms with Crippen molar-refractivity contribution in [2.75, 3.05) is 20.1 Å². The van der Waals surface area contributed by atoms with Gasteiger partial charge in [0.25, 0.3) is 0 Å². The number of benzene rings is 2. The van der Waals surface area contributed by atoms with Crippen LogP contribution >= 0.6 is 0 Å². The van der Waals surface area contributed by atoms with Gasteiger partial charge in [0.2, 0.25) is 5.91 Å². The minimum Gasteiger partial charge on any atom is -0.504 e. The van der Waals surface area contributed by atoms with Crippen molar-refractivity contribution in [1.29, 1.82) is 0 Å². The van der Waals surface area contributed by atoms with Gasteiger partial charge in [-0.1, -0.05) is 12.1 Å². The molecular formula is C30H32F2N2O4. The predicted molar refractivity (Wildman–Crippen MR) is 137 cm³/mol. The Morgan fingerprint density at radius 2 is 2.00 bits per heavy atom. The number of phenols is 1. The standard InChI is InChI=1S/C30H32F2N2O4/c1-33(25(36)9-5-17-4-7-20(31)21(32)14-17)22-10-11-30(37)24-15-19-6-8-23(35)27-26(19)29(30,28(22)38-27)12-13-34(24)16-18-2-3-18/h4-9,14,18,22,24,28,35,37H,2-3,10-13,15-16H2,1H3/b9-5+/t22-,24+,28+,29+,30-/m1/s1. The summed E-state index contributed by atoms with van der Waals surface area (Å²) in [5, 5.41) is 23.3. The van der Waals surface area contributed by atoms with Crippen molar-refractivity contribution >= 4 is 12.0 Å². The van der Waals surface area contributed by atoms with Crippen molar-refractivity contribution in [1.82, 2.24) is 9.80 Å². The first-order valence-electron chi connectivity index (χ1n) is 13.6. The number of ether oxygens (including phenoxy) is 1. The van der Waals surface area contributed by atoms with Gasteiger partial charge in [-0.3, -0.25) is 9.69 Å². The van der Waals surface area contributed by atoms with Crippen LogP contribution in [0.2, 0.25) is 0 Å². The SMILES string of the molecule is CN(C(=O)/C=C/c1ccc(F)c(F)c1)[C@@H]1CC[C@@]2(O)[C@@H]3Cc4ccc(O)c5c4[C@@]2(CCN3CC2CC2)[C@H]1O5. The molecule has 1 spiro atoms. The molecule has 200 valence electrons. The van der Waals surface area contributed by atoms with Crippen molar-refractivity contribution in [2.24, 2.45) is 5.92 Å². The predicted octanol–water partition coefficient (Wildman–Crippen LogP) is 3.77. The fraction of sp³-hybridized carbons (Fsp3) is 0.500. The smallest absolute Gasteiger partial charge is 0.246 e. The second-order valence-electron chi connectivity index (χ2n) is 11.9. The third-order valence-corrected chi connectivity index (χ3v) is 9.94. The van der Waals surface area contributed by atoms with E-state index in [9.17, 15) is 23.8 Å². The first-order valence-corrected chi connectivity index (χ1v) is 13.6. The summed E-state index contributed by atoms with van der Waals surface area (Å²) in [5.74, 6) is -0.962. The highest BCUT2D eigenvalue weighted by Crippen LogP contribution is 2.66. The Bertz CT molecular complexity index is 1360. The van der Waals surface area contributed by atoms with E-state index in [1.807, 2.05) is 6.07 Å². The number of likely N-dealkylation sites (N-methyl/N-ethyl adjacent to an activating group) is 1. The highest BCUT2D eigenvalue weighted by atomic mass is 19.2. The first kappa shape index (κ1) is 24.1. The van der Waals surface area contributed by atoms with Gasteiger partial charge in [0.05, 0.1) is 17.1 Å². The highest BCUT2D eigenvalue weighted by Gasteiger charge is 2.73. The van der Waals surface area contributed by atoms with Crippen LogP contribution in [0.25, 0.3) is 6.08 Å². The van der Waals surface area contributed by atoms with Gasteiger partial charge in [-0.25, -0.2) is 8.78 Å². The molecule has 6 nitrogen and oxygen atoms in total. The van der Waals surface area contributed by atoms with Crippen LogP contribution in [0.5, 0.6) is 11.5 Å². The van der Waals surface area contributed by atoms with Crippen molar-refractivity contribution in [3.05, 3.63) is 64.7 Å². The van der Waals surface area contributed by atoms with E-state index in [-0.39, 0.29) is 23.7 Å². The Hall–Kier alpha value is -2.97. The van der Waals surface area contributed by atoms with Gasteiger partial charge in [0, 0.05) is 31.3 Å². The van der Waals surface area contributed by atoms with Crippen LogP contribution in [0.4, 0.5) is 8.78 Å². The van der Waals surface area contributed by atoms with Crippen LogP contribution in [-0.2, 0) is 16.6 Å². The lowest BCUT2D eigenvalue weighted by Gasteiger charge is -2.64. The molecule has 2 aromatic rings. The van der Waals surface area contributed by atoms with E-state index in [4.69, 9.17) is 4.74 Å². The number of rotatable bonds is 5. The van der Waals surface area contributed by atoms with Crippen LogP contribution in [0.1, 0.15) is 48.8 Å². The van der Waals surface area contributed by atoms with E-state index in [0.29, 0.717) is 36.5 Å². The van der Waals surface area contributed by atoms with Crippen LogP contribution in [0.15, 0.2) is 36.4 Å². The lowest BCUT2D eigenvalue weighted by Crippen LogP contribution is -2.78. The molecule has 2 aliphatic heterocycles. The number of aliphatic hydroxyl groups is 1. The number of phenolic OH excluding ortho intramolecular Hbond substituents is 1. The zero-order chi connectivity index (χ0) is 26.4. The summed E-state index contributed by atoms with van der Waals surface area (Å²) in [6.07, 6.45) is 7.34. The van der Waals surface area contributed by atoms with Gasteiger partial charge >= 0.3 is 0 Å². The number of likely N-dealkylation sites (tertiary alicyclic amines) is 1. The summed E-state index contributed by atoms with van der Waals surface area (Å²) >= 11 is 0. The van der Waals surface area contributed by atoms with Crippen molar-refractivity contribution in [3.8, 4) is 11.5 Å². The maximum Gasteiger partial charge on any atom is 0.246 e. The molecular weight excluding hydrogens is 490 g/mol. The average Bonchev–Trinajstić information content (AvgIpc) is 3.64. The molecule has 2 heterocycles. The van der Waals surface area contributed by atoms with Crippen LogP contribution < -0.4 is 4.74 Å². The first-order chi connectivity index (χ1) is 18.2. The third kappa shape index (κ3) is 3.26. The normalized spacial score (nSPS) is 33.2. The molecule has 0 unspecified atom stereocenters. The molecule has 3 aliphatic carbocycles. The van der Waals surface area contributed by atoms with E-state index in [1.165, 1.54) is 31.1 Å². The number of carbonyl (C=O) groups is 1. The number of nitrogens with zero attached hydrogens (tertiary/aromatic N) is 2. The molecule has 2 bridgehead atoms. The number of amides is 1. The summed E-state index contributed by atoms with van der Waals surface area (Å²) in [7, 11) is 1.72.